The Kier molecular flexibility index (Phi) is 4.36. The highest BCUT2D eigenvalue weighted by atomic mass is 19.3. The van der Waals surface area contributed by atoms with Gasteiger partial charge in [0.15, 0.2) is 0 Å². The van der Waals surface area contributed by atoms with Gasteiger partial charge in [0.25, 0.3) is 6.43 Å². The number of aromatic nitrogens is 1. The van der Waals surface area contributed by atoms with Gasteiger partial charge in [0.1, 0.15) is 11.6 Å². The molecule has 0 aliphatic carbocycles. The average Bonchev–Trinajstić information content (AvgIpc) is 2.17. The van der Waals surface area contributed by atoms with Crippen LogP contribution in [0.2, 0.25) is 0 Å². The molecule has 15 heavy (non-hydrogen) atoms. The van der Waals surface area contributed by atoms with Gasteiger partial charge in [0, 0.05) is 13.1 Å². The molecule has 1 rings (SSSR count). The maximum absolute atomic E-state index is 12.5. The summed E-state index contributed by atoms with van der Waals surface area (Å²) in [6.07, 6.45) is -1.48. The molecule has 0 amide bonds. The van der Waals surface area contributed by atoms with E-state index in [0.29, 0.717) is 5.82 Å². The number of hydrogen-bond donors (Lipinski definition) is 1. The second kappa shape index (κ2) is 5.55. The van der Waals surface area contributed by atoms with E-state index in [9.17, 15) is 13.2 Å². The molecule has 1 heterocycles. The lowest BCUT2D eigenvalue weighted by atomic mass is 10.4. The molecule has 1 aromatic heterocycles. The number of pyridine rings is 1. The fourth-order valence-electron chi connectivity index (χ4n) is 1.18. The van der Waals surface area contributed by atoms with Gasteiger partial charge in [-0.25, -0.2) is 18.2 Å². The Bertz CT molecular complexity index is 289. The molecule has 0 radical (unpaired) electrons. The van der Waals surface area contributed by atoms with Gasteiger partial charge >= 0.3 is 0 Å². The van der Waals surface area contributed by atoms with Crippen LogP contribution in [0.4, 0.5) is 19.0 Å². The first kappa shape index (κ1) is 11.8. The van der Waals surface area contributed by atoms with E-state index in [1.165, 1.54) is 17.0 Å². The highest BCUT2D eigenvalue weighted by molar-refractivity contribution is 5.37. The molecule has 0 bridgehead atoms. The Morgan fingerprint density at radius 2 is 2.13 bits per heavy atom. The van der Waals surface area contributed by atoms with Crippen LogP contribution in [0.1, 0.15) is 0 Å². The predicted molar refractivity (Wildman–Crippen MR) is 51.5 cm³/mol. The maximum Gasteiger partial charge on any atom is 0.255 e. The predicted octanol–water partition coefficient (Wildman–Crippen LogP) is 1.25. The first-order valence-electron chi connectivity index (χ1n) is 4.48. The molecule has 1 aromatic rings. The van der Waals surface area contributed by atoms with Gasteiger partial charge in [-0.05, 0) is 12.1 Å². The lowest BCUT2D eigenvalue weighted by Crippen LogP contribution is -2.34. The minimum Gasteiger partial charge on any atom is -0.350 e. The highest BCUT2D eigenvalue weighted by Crippen LogP contribution is 2.11. The standard InChI is InChI=1S/C9H12F3N3/c10-7-1-2-9(14-5-7)15(4-3-13)6-8(11)12/h1-2,5,8H,3-4,6,13H2. The number of nitrogens with two attached hydrogens (primary N) is 1. The lowest BCUT2D eigenvalue weighted by molar-refractivity contribution is 0.155. The van der Waals surface area contributed by atoms with Gasteiger partial charge < -0.3 is 10.6 Å². The van der Waals surface area contributed by atoms with Crippen LogP contribution in [-0.4, -0.2) is 31.0 Å². The molecule has 0 fully saturated rings. The van der Waals surface area contributed by atoms with Gasteiger partial charge in [-0.2, -0.15) is 0 Å². The van der Waals surface area contributed by atoms with E-state index < -0.39 is 18.8 Å². The van der Waals surface area contributed by atoms with Crippen LogP contribution in [0.5, 0.6) is 0 Å². The SMILES string of the molecule is NCCN(CC(F)F)c1ccc(F)cn1. The summed E-state index contributed by atoms with van der Waals surface area (Å²) in [4.78, 5) is 5.04. The first-order chi connectivity index (χ1) is 7.13. The summed E-state index contributed by atoms with van der Waals surface area (Å²) >= 11 is 0. The molecule has 0 saturated heterocycles. The van der Waals surface area contributed by atoms with Crippen molar-refractivity contribution in [3.8, 4) is 0 Å². The van der Waals surface area contributed by atoms with Crippen LogP contribution in [0.25, 0.3) is 0 Å². The van der Waals surface area contributed by atoms with Crippen molar-refractivity contribution >= 4 is 5.82 Å². The summed E-state index contributed by atoms with van der Waals surface area (Å²) in [5.41, 5.74) is 5.28. The van der Waals surface area contributed by atoms with Crippen molar-refractivity contribution in [2.45, 2.75) is 6.43 Å². The zero-order valence-corrected chi connectivity index (χ0v) is 8.04. The number of nitrogens with zero attached hydrogens (tertiary/aromatic N) is 2. The number of anilines is 1. The maximum atomic E-state index is 12.5. The largest absolute Gasteiger partial charge is 0.350 e. The second-order valence-electron chi connectivity index (χ2n) is 2.96. The summed E-state index contributed by atoms with van der Waals surface area (Å²) in [5.74, 6) is -0.189. The van der Waals surface area contributed by atoms with Crippen molar-refractivity contribution in [3.05, 3.63) is 24.1 Å². The molecular formula is C9H12F3N3. The normalized spacial score (nSPS) is 10.7. The number of alkyl halides is 2. The van der Waals surface area contributed by atoms with Gasteiger partial charge in [0.2, 0.25) is 0 Å². The first-order valence-corrected chi connectivity index (χ1v) is 4.48. The van der Waals surface area contributed by atoms with E-state index in [2.05, 4.69) is 4.98 Å². The Morgan fingerprint density at radius 3 is 2.60 bits per heavy atom. The molecule has 0 aromatic carbocycles. The third-order valence-corrected chi connectivity index (χ3v) is 1.79. The molecular weight excluding hydrogens is 207 g/mol. The van der Waals surface area contributed by atoms with Crippen LogP contribution in [0.15, 0.2) is 18.3 Å². The second-order valence-corrected chi connectivity index (χ2v) is 2.96. The van der Waals surface area contributed by atoms with Crippen LogP contribution < -0.4 is 10.6 Å². The van der Waals surface area contributed by atoms with Crippen molar-refractivity contribution in [2.24, 2.45) is 5.73 Å². The minimum absolute atomic E-state index is 0.242. The van der Waals surface area contributed by atoms with E-state index in [0.717, 1.165) is 6.20 Å². The number of hydrogen-bond acceptors (Lipinski definition) is 3. The Hall–Kier alpha value is -1.30. The number of halogens is 3. The molecule has 84 valence electrons. The van der Waals surface area contributed by atoms with E-state index in [-0.39, 0.29) is 13.1 Å². The fourth-order valence-corrected chi connectivity index (χ4v) is 1.18. The zero-order valence-electron chi connectivity index (χ0n) is 8.04. The molecule has 0 unspecified atom stereocenters. The molecule has 0 spiro atoms. The lowest BCUT2D eigenvalue weighted by Gasteiger charge is -2.22. The van der Waals surface area contributed by atoms with E-state index in [1.807, 2.05) is 0 Å². The monoisotopic (exact) mass is 219 g/mol. The van der Waals surface area contributed by atoms with E-state index >= 15 is 0 Å². The molecule has 6 heteroatoms. The summed E-state index contributed by atoms with van der Waals surface area (Å²) in [6, 6.07) is 2.53. The third kappa shape index (κ3) is 3.75. The fraction of sp³-hybridized carbons (Fsp3) is 0.444. The molecule has 0 aliphatic rings. The van der Waals surface area contributed by atoms with Crippen molar-refractivity contribution in [2.75, 3.05) is 24.5 Å². The van der Waals surface area contributed by atoms with Crippen molar-refractivity contribution < 1.29 is 13.2 Å². The quantitative estimate of drug-likeness (QED) is 0.810. The third-order valence-electron chi connectivity index (χ3n) is 1.79. The van der Waals surface area contributed by atoms with Crippen LogP contribution >= 0.6 is 0 Å². The van der Waals surface area contributed by atoms with Crippen LogP contribution in [-0.2, 0) is 0 Å². The topological polar surface area (TPSA) is 42.1 Å². The van der Waals surface area contributed by atoms with Gasteiger partial charge in [0.05, 0.1) is 12.7 Å². The molecule has 2 N–H and O–H groups in total. The highest BCUT2D eigenvalue weighted by Gasteiger charge is 2.12. The summed E-state index contributed by atoms with van der Waals surface area (Å²) in [6.45, 7) is 0.0601. The average molecular weight is 219 g/mol. The van der Waals surface area contributed by atoms with Crippen LogP contribution in [0.3, 0.4) is 0 Å². The van der Waals surface area contributed by atoms with Crippen molar-refractivity contribution in [1.29, 1.82) is 0 Å². The number of rotatable bonds is 5. The molecule has 0 aliphatic heterocycles. The molecule has 3 nitrogen and oxygen atoms in total. The smallest absolute Gasteiger partial charge is 0.255 e. The Balaban J connectivity index is 2.74. The van der Waals surface area contributed by atoms with Crippen LogP contribution in [0, 0.1) is 5.82 Å². The van der Waals surface area contributed by atoms with Gasteiger partial charge in [-0.15, -0.1) is 0 Å². The van der Waals surface area contributed by atoms with Gasteiger partial charge in [-0.3, -0.25) is 0 Å². The van der Waals surface area contributed by atoms with Crippen molar-refractivity contribution in [3.63, 3.8) is 0 Å². The van der Waals surface area contributed by atoms with E-state index in [4.69, 9.17) is 5.73 Å². The summed E-state index contributed by atoms with van der Waals surface area (Å²) < 4.78 is 36.9. The molecule has 0 atom stereocenters. The summed E-state index contributed by atoms with van der Waals surface area (Å²) in [5, 5.41) is 0. The Labute approximate surface area is 85.7 Å². The summed E-state index contributed by atoms with van der Waals surface area (Å²) in [7, 11) is 0. The Morgan fingerprint density at radius 1 is 1.40 bits per heavy atom. The molecule has 0 saturated carbocycles. The van der Waals surface area contributed by atoms with Gasteiger partial charge in [-0.1, -0.05) is 0 Å². The zero-order chi connectivity index (χ0) is 11.3. The minimum atomic E-state index is -2.47. The van der Waals surface area contributed by atoms with E-state index in [1.54, 1.807) is 0 Å². The van der Waals surface area contributed by atoms with Crippen molar-refractivity contribution in [1.82, 2.24) is 4.98 Å².